The SMILES string of the molecule is CC(=O)c1ccc(-c2cccc3c2OCC3)cc1. The molecule has 1 aliphatic rings. The zero-order valence-corrected chi connectivity index (χ0v) is 10.3. The lowest BCUT2D eigenvalue weighted by molar-refractivity contribution is 0.101. The predicted octanol–water partition coefficient (Wildman–Crippen LogP) is 3.49. The van der Waals surface area contributed by atoms with Gasteiger partial charge in [0.15, 0.2) is 5.78 Å². The van der Waals surface area contributed by atoms with Gasteiger partial charge in [-0.25, -0.2) is 0 Å². The van der Waals surface area contributed by atoms with Gasteiger partial charge in [0.2, 0.25) is 0 Å². The Morgan fingerprint density at radius 1 is 1.11 bits per heavy atom. The summed E-state index contributed by atoms with van der Waals surface area (Å²) in [6.45, 7) is 2.34. The zero-order chi connectivity index (χ0) is 12.5. The van der Waals surface area contributed by atoms with Crippen LogP contribution in [0.4, 0.5) is 0 Å². The van der Waals surface area contributed by atoms with E-state index in [0.29, 0.717) is 0 Å². The van der Waals surface area contributed by atoms with Crippen LogP contribution >= 0.6 is 0 Å². The number of ether oxygens (including phenoxy) is 1. The molecular formula is C16H14O2. The number of hydrogen-bond donors (Lipinski definition) is 0. The van der Waals surface area contributed by atoms with Crippen LogP contribution in [0.5, 0.6) is 5.75 Å². The average molecular weight is 238 g/mol. The molecule has 0 radical (unpaired) electrons. The Labute approximate surface area is 106 Å². The number of carbonyl (C=O) groups is 1. The van der Waals surface area contributed by atoms with E-state index in [-0.39, 0.29) is 5.78 Å². The van der Waals surface area contributed by atoms with Crippen LogP contribution in [-0.2, 0) is 6.42 Å². The fraction of sp³-hybridized carbons (Fsp3) is 0.188. The van der Waals surface area contributed by atoms with Crippen LogP contribution < -0.4 is 4.74 Å². The molecule has 0 spiro atoms. The molecule has 2 aromatic carbocycles. The van der Waals surface area contributed by atoms with Crippen molar-refractivity contribution >= 4 is 5.78 Å². The predicted molar refractivity (Wildman–Crippen MR) is 71.1 cm³/mol. The van der Waals surface area contributed by atoms with Gasteiger partial charge in [-0.3, -0.25) is 4.79 Å². The first-order valence-corrected chi connectivity index (χ1v) is 6.12. The van der Waals surface area contributed by atoms with Gasteiger partial charge in [-0.15, -0.1) is 0 Å². The van der Waals surface area contributed by atoms with E-state index in [2.05, 4.69) is 18.2 Å². The third-order valence-corrected chi connectivity index (χ3v) is 3.32. The first-order valence-electron chi connectivity index (χ1n) is 6.12. The van der Waals surface area contributed by atoms with Crippen molar-refractivity contribution in [2.24, 2.45) is 0 Å². The fourth-order valence-corrected chi connectivity index (χ4v) is 2.33. The van der Waals surface area contributed by atoms with Crippen molar-refractivity contribution in [3.05, 3.63) is 53.6 Å². The molecule has 0 N–H and O–H groups in total. The molecule has 90 valence electrons. The lowest BCUT2D eigenvalue weighted by atomic mass is 9.99. The highest BCUT2D eigenvalue weighted by Crippen LogP contribution is 2.36. The quantitative estimate of drug-likeness (QED) is 0.748. The molecule has 0 aromatic heterocycles. The maximum atomic E-state index is 11.3. The Balaban J connectivity index is 2.05. The molecule has 0 atom stereocenters. The van der Waals surface area contributed by atoms with Crippen molar-refractivity contribution in [2.75, 3.05) is 6.61 Å². The van der Waals surface area contributed by atoms with E-state index in [1.807, 2.05) is 24.3 Å². The molecular weight excluding hydrogens is 224 g/mol. The average Bonchev–Trinajstić information content (AvgIpc) is 2.87. The van der Waals surface area contributed by atoms with Crippen LogP contribution in [-0.4, -0.2) is 12.4 Å². The second kappa shape index (κ2) is 4.30. The van der Waals surface area contributed by atoms with Gasteiger partial charge in [0.25, 0.3) is 0 Å². The molecule has 18 heavy (non-hydrogen) atoms. The van der Waals surface area contributed by atoms with E-state index in [4.69, 9.17) is 4.74 Å². The molecule has 0 saturated carbocycles. The van der Waals surface area contributed by atoms with E-state index in [9.17, 15) is 4.79 Å². The normalized spacial score (nSPS) is 12.9. The van der Waals surface area contributed by atoms with Crippen LogP contribution in [0.1, 0.15) is 22.8 Å². The van der Waals surface area contributed by atoms with Crippen molar-refractivity contribution in [3.8, 4) is 16.9 Å². The van der Waals surface area contributed by atoms with Crippen LogP contribution in [0.15, 0.2) is 42.5 Å². The van der Waals surface area contributed by atoms with Gasteiger partial charge in [-0.1, -0.05) is 42.5 Å². The number of hydrogen-bond acceptors (Lipinski definition) is 2. The van der Waals surface area contributed by atoms with E-state index >= 15 is 0 Å². The number of rotatable bonds is 2. The van der Waals surface area contributed by atoms with Crippen LogP contribution in [0.25, 0.3) is 11.1 Å². The molecule has 0 fully saturated rings. The number of fused-ring (bicyclic) bond motifs is 1. The van der Waals surface area contributed by atoms with Crippen molar-refractivity contribution < 1.29 is 9.53 Å². The Kier molecular flexibility index (Phi) is 2.63. The molecule has 0 unspecified atom stereocenters. The van der Waals surface area contributed by atoms with Gasteiger partial charge in [0, 0.05) is 17.5 Å². The second-order valence-corrected chi connectivity index (χ2v) is 4.53. The summed E-state index contributed by atoms with van der Waals surface area (Å²) in [7, 11) is 0. The number of benzene rings is 2. The number of carbonyl (C=O) groups excluding carboxylic acids is 1. The molecule has 2 nitrogen and oxygen atoms in total. The van der Waals surface area contributed by atoms with Gasteiger partial charge >= 0.3 is 0 Å². The summed E-state index contributed by atoms with van der Waals surface area (Å²) in [6.07, 6.45) is 0.981. The van der Waals surface area contributed by atoms with Crippen molar-refractivity contribution in [3.63, 3.8) is 0 Å². The van der Waals surface area contributed by atoms with Crippen LogP contribution in [0, 0.1) is 0 Å². The summed E-state index contributed by atoms with van der Waals surface area (Å²) in [5.41, 5.74) is 4.22. The van der Waals surface area contributed by atoms with Gasteiger partial charge in [0.05, 0.1) is 6.61 Å². The van der Waals surface area contributed by atoms with Gasteiger partial charge < -0.3 is 4.74 Å². The summed E-state index contributed by atoms with van der Waals surface area (Å²) in [5, 5.41) is 0. The monoisotopic (exact) mass is 238 g/mol. The highest BCUT2D eigenvalue weighted by molar-refractivity contribution is 5.94. The van der Waals surface area contributed by atoms with Crippen molar-refractivity contribution in [2.45, 2.75) is 13.3 Å². The zero-order valence-electron chi connectivity index (χ0n) is 10.3. The van der Waals surface area contributed by atoms with Gasteiger partial charge in [0.1, 0.15) is 5.75 Å². The third kappa shape index (κ3) is 1.80. The summed E-state index contributed by atoms with van der Waals surface area (Å²) >= 11 is 0. The minimum Gasteiger partial charge on any atom is -0.492 e. The Morgan fingerprint density at radius 3 is 2.61 bits per heavy atom. The largest absolute Gasteiger partial charge is 0.492 e. The first-order chi connectivity index (χ1) is 8.75. The highest BCUT2D eigenvalue weighted by Gasteiger charge is 2.16. The van der Waals surface area contributed by atoms with Gasteiger partial charge in [-0.2, -0.15) is 0 Å². The highest BCUT2D eigenvalue weighted by atomic mass is 16.5. The minimum absolute atomic E-state index is 0.0936. The molecule has 1 heterocycles. The fourth-order valence-electron chi connectivity index (χ4n) is 2.33. The number of para-hydroxylation sites is 1. The maximum Gasteiger partial charge on any atom is 0.159 e. The van der Waals surface area contributed by atoms with E-state index in [1.54, 1.807) is 6.92 Å². The molecule has 3 rings (SSSR count). The Hall–Kier alpha value is -2.09. The number of ketones is 1. The molecule has 1 aliphatic heterocycles. The summed E-state index contributed by atoms with van der Waals surface area (Å²) in [4.78, 5) is 11.3. The molecule has 0 saturated heterocycles. The standard InChI is InChI=1S/C16H14O2/c1-11(17)12-5-7-13(8-6-12)15-4-2-3-14-9-10-18-16(14)15/h2-8H,9-10H2,1H3. The summed E-state index contributed by atoms with van der Waals surface area (Å²) < 4.78 is 5.69. The van der Waals surface area contributed by atoms with Gasteiger partial charge in [-0.05, 0) is 18.1 Å². The second-order valence-electron chi connectivity index (χ2n) is 4.53. The summed E-state index contributed by atoms with van der Waals surface area (Å²) in [5.74, 6) is 1.09. The smallest absolute Gasteiger partial charge is 0.159 e. The molecule has 0 aliphatic carbocycles. The molecule has 2 aromatic rings. The van der Waals surface area contributed by atoms with Crippen molar-refractivity contribution in [1.82, 2.24) is 0 Å². The lowest BCUT2D eigenvalue weighted by Crippen LogP contribution is -1.92. The first kappa shape index (κ1) is 11.0. The van der Waals surface area contributed by atoms with E-state index in [1.165, 1.54) is 5.56 Å². The molecule has 2 heteroatoms. The van der Waals surface area contributed by atoms with Crippen LogP contribution in [0.3, 0.4) is 0 Å². The van der Waals surface area contributed by atoms with Crippen molar-refractivity contribution in [1.29, 1.82) is 0 Å². The van der Waals surface area contributed by atoms with Crippen LogP contribution in [0.2, 0.25) is 0 Å². The topological polar surface area (TPSA) is 26.3 Å². The minimum atomic E-state index is 0.0936. The Bertz CT molecular complexity index is 597. The number of Topliss-reactive ketones (excluding diaryl/α,β-unsaturated/α-hetero) is 1. The molecule has 0 amide bonds. The van der Waals surface area contributed by atoms with E-state index < -0.39 is 0 Å². The van der Waals surface area contributed by atoms with E-state index in [0.717, 1.165) is 35.5 Å². The lowest BCUT2D eigenvalue weighted by Gasteiger charge is -2.08. The Morgan fingerprint density at radius 2 is 1.89 bits per heavy atom. The molecule has 0 bridgehead atoms. The third-order valence-electron chi connectivity index (χ3n) is 3.32. The summed E-state index contributed by atoms with van der Waals surface area (Å²) in [6, 6.07) is 13.9. The maximum absolute atomic E-state index is 11.3.